The second-order valence-electron chi connectivity index (χ2n) is 2.66. The predicted molar refractivity (Wildman–Crippen MR) is 68.4 cm³/mol. The quantitative estimate of drug-likeness (QED) is 0.517. The van der Waals surface area contributed by atoms with E-state index < -0.39 is 0 Å². The van der Waals surface area contributed by atoms with E-state index in [4.69, 9.17) is 0 Å². The van der Waals surface area contributed by atoms with Crippen LogP contribution in [0.1, 0.15) is 81.6 Å². The first-order valence-electron chi connectivity index (χ1n) is 5.81. The molecule has 0 saturated heterocycles. The lowest BCUT2D eigenvalue weighted by Gasteiger charge is -2.04. The Kier molecular flexibility index (Phi) is 52.7. The minimum Gasteiger partial charge on any atom is -0.0776 e. The van der Waals surface area contributed by atoms with Crippen molar-refractivity contribution in [2.45, 2.75) is 81.6 Å². The minimum absolute atomic E-state index is 0. The van der Waals surface area contributed by atoms with Gasteiger partial charge in [0.25, 0.3) is 0 Å². The molecule has 86 valence electrons. The van der Waals surface area contributed by atoms with Crippen molar-refractivity contribution in [2.24, 2.45) is 5.92 Å². The van der Waals surface area contributed by atoms with E-state index in [2.05, 4.69) is 20.8 Å². The van der Waals surface area contributed by atoms with E-state index in [9.17, 15) is 0 Å². The van der Waals surface area contributed by atoms with Crippen LogP contribution in [0.3, 0.4) is 0 Å². The predicted octanol–water partition coefficient (Wildman–Crippen LogP) is 5.91. The summed E-state index contributed by atoms with van der Waals surface area (Å²) < 4.78 is 0. The second kappa shape index (κ2) is 29.6. The molecule has 0 fully saturated rings. The lowest BCUT2D eigenvalue weighted by molar-refractivity contribution is 0.492. The minimum atomic E-state index is 0. The summed E-state index contributed by atoms with van der Waals surface area (Å²) in [4.78, 5) is 0. The average Bonchev–Trinajstić information content (AvgIpc) is 2.20. The van der Waals surface area contributed by atoms with Crippen LogP contribution in [0.4, 0.5) is 0 Å². The van der Waals surface area contributed by atoms with Crippen LogP contribution in [-0.2, 0) is 0 Å². The van der Waals surface area contributed by atoms with E-state index in [1.54, 1.807) is 0 Å². The first kappa shape index (κ1) is 23.1. The molecule has 0 spiro atoms. The van der Waals surface area contributed by atoms with Gasteiger partial charge >= 0.3 is 0 Å². The number of unbranched alkanes of at least 4 members (excludes halogenated alkanes) is 1. The molecule has 0 N–H and O–H groups in total. The van der Waals surface area contributed by atoms with E-state index in [0.29, 0.717) is 0 Å². The van der Waals surface area contributed by atoms with Gasteiger partial charge in [-0.05, 0) is 5.92 Å². The highest BCUT2D eigenvalue weighted by molar-refractivity contribution is 4.47. The van der Waals surface area contributed by atoms with E-state index >= 15 is 0 Å². The maximum atomic E-state index is 2.33. The zero-order valence-corrected chi connectivity index (χ0v) is 10.4. The third-order valence-corrected chi connectivity index (χ3v) is 1.75. The molecule has 0 aromatic heterocycles. The van der Waals surface area contributed by atoms with Gasteiger partial charge < -0.3 is 0 Å². The van der Waals surface area contributed by atoms with Gasteiger partial charge in [-0.3, -0.25) is 0 Å². The molecule has 0 aliphatic carbocycles. The molecule has 0 aliphatic heterocycles. The molecule has 0 heteroatoms. The van der Waals surface area contributed by atoms with Gasteiger partial charge in [0.2, 0.25) is 0 Å². The monoisotopic (exact) mass is 190 g/mol. The summed E-state index contributed by atoms with van der Waals surface area (Å²) >= 11 is 0. The van der Waals surface area contributed by atoms with E-state index in [-0.39, 0.29) is 7.43 Å². The van der Waals surface area contributed by atoms with Gasteiger partial charge in [-0.15, -0.1) is 0 Å². The third kappa shape index (κ3) is 33.3. The van der Waals surface area contributed by atoms with Crippen LogP contribution in [0.15, 0.2) is 0 Å². The largest absolute Gasteiger partial charge is 0.0776 e. The molecule has 0 heterocycles. The molecule has 1 unspecified atom stereocenters. The van der Waals surface area contributed by atoms with Crippen molar-refractivity contribution in [3.05, 3.63) is 0 Å². The van der Waals surface area contributed by atoms with Crippen molar-refractivity contribution in [1.82, 2.24) is 0 Å². The van der Waals surface area contributed by atoms with E-state index in [0.717, 1.165) is 5.92 Å². The molecular formula is C13H34. The average molecular weight is 190 g/mol. The summed E-state index contributed by atoms with van der Waals surface area (Å²) in [5.74, 6) is 0.954. The fraction of sp³-hybridized carbons (Fsp3) is 1.00. The molecule has 0 aromatic carbocycles. The third-order valence-electron chi connectivity index (χ3n) is 1.75. The number of rotatable bonds is 4. The smallest absolute Gasteiger partial charge is 0.0445 e. The normalized spacial score (nSPS) is 9.46. The highest BCUT2D eigenvalue weighted by Crippen LogP contribution is 2.09. The van der Waals surface area contributed by atoms with Crippen LogP contribution in [0.25, 0.3) is 0 Å². The van der Waals surface area contributed by atoms with Gasteiger partial charge in [-0.2, -0.15) is 0 Å². The van der Waals surface area contributed by atoms with Crippen molar-refractivity contribution >= 4 is 0 Å². The van der Waals surface area contributed by atoms with Gasteiger partial charge in [0, 0.05) is 0 Å². The highest BCUT2D eigenvalue weighted by Gasteiger charge is 1.94. The van der Waals surface area contributed by atoms with Crippen LogP contribution in [0.5, 0.6) is 0 Å². The van der Waals surface area contributed by atoms with E-state index in [1.165, 1.54) is 25.7 Å². The molecular weight excluding hydrogens is 156 g/mol. The summed E-state index contributed by atoms with van der Waals surface area (Å²) in [6.45, 7) is 14.8. The molecule has 13 heavy (non-hydrogen) atoms. The Morgan fingerprint density at radius 2 is 1.31 bits per heavy atom. The Labute approximate surface area is 88.1 Å². The first-order valence-corrected chi connectivity index (χ1v) is 5.81. The summed E-state index contributed by atoms with van der Waals surface area (Å²) in [5, 5.41) is 0. The molecule has 0 aromatic rings. The van der Waals surface area contributed by atoms with Crippen LogP contribution in [0, 0.1) is 5.92 Å². The standard InChI is InChI=1S/C8H18.2C2H6.CH4/c1-4-6-7-8(3)5-2;2*1-2;/h8H,4-7H2,1-3H3;2*1-2H3;1H4. The Morgan fingerprint density at radius 1 is 0.923 bits per heavy atom. The van der Waals surface area contributed by atoms with Crippen molar-refractivity contribution < 1.29 is 0 Å². The molecule has 0 amide bonds. The summed E-state index contributed by atoms with van der Waals surface area (Å²) in [7, 11) is 0. The number of hydrogen-bond acceptors (Lipinski definition) is 0. The van der Waals surface area contributed by atoms with Crippen LogP contribution < -0.4 is 0 Å². The van der Waals surface area contributed by atoms with Crippen LogP contribution >= 0.6 is 0 Å². The zero-order valence-electron chi connectivity index (χ0n) is 10.4. The number of hydrogen-bond donors (Lipinski definition) is 0. The van der Waals surface area contributed by atoms with Crippen molar-refractivity contribution in [1.29, 1.82) is 0 Å². The van der Waals surface area contributed by atoms with E-state index in [1.807, 2.05) is 27.7 Å². The van der Waals surface area contributed by atoms with Gasteiger partial charge in [-0.1, -0.05) is 81.6 Å². The van der Waals surface area contributed by atoms with Crippen molar-refractivity contribution in [3.63, 3.8) is 0 Å². The van der Waals surface area contributed by atoms with Crippen LogP contribution in [-0.4, -0.2) is 0 Å². The molecule has 0 saturated carbocycles. The Hall–Kier alpha value is 0. The lowest BCUT2D eigenvalue weighted by Crippen LogP contribution is -1.89. The summed E-state index contributed by atoms with van der Waals surface area (Å²) in [6, 6.07) is 0. The Morgan fingerprint density at radius 3 is 1.54 bits per heavy atom. The topological polar surface area (TPSA) is 0 Å². The maximum absolute atomic E-state index is 2.33. The Balaban J connectivity index is -0.0000000712. The van der Waals surface area contributed by atoms with Gasteiger partial charge in [0.1, 0.15) is 0 Å². The fourth-order valence-corrected chi connectivity index (χ4v) is 0.757. The van der Waals surface area contributed by atoms with Gasteiger partial charge in [0.05, 0.1) is 0 Å². The van der Waals surface area contributed by atoms with Gasteiger partial charge in [-0.25, -0.2) is 0 Å². The summed E-state index contributed by atoms with van der Waals surface area (Å²) in [6.07, 6.45) is 5.53. The SMILES string of the molecule is C.CC.CC.CCCCC(C)CC. The molecule has 0 rings (SSSR count). The molecule has 0 aliphatic rings. The zero-order chi connectivity index (χ0) is 10.4. The molecule has 0 radical (unpaired) electrons. The van der Waals surface area contributed by atoms with Crippen molar-refractivity contribution in [2.75, 3.05) is 0 Å². The van der Waals surface area contributed by atoms with Crippen LogP contribution in [0.2, 0.25) is 0 Å². The second-order valence-corrected chi connectivity index (χ2v) is 2.66. The molecule has 0 nitrogen and oxygen atoms in total. The molecule has 1 atom stereocenters. The Bertz CT molecular complexity index is 39.3. The lowest BCUT2D eigenvalue weighted by atomic mass is 10.0. The first-order chi connectivity index (χ1) is 5.81. The molecule has 0 bridgehead atoms. The highest BCUT2D eigenvalue weighted by atomic mass is 14.0. The van der Waals surface area contributed by atoms with Crippen molar-refractivity contribution in [3.8, 4) is 0 Å². The summed E-state index contributed by atoms with van der Waals surface area (Å²) in [5.41, 5.74) is 0. The fourth-order valence-electron chi connectivity index (χ4n) is 0.757. The maximum Gasteiger partial charge on any atom is -0.0445 e. The van der Waals surface area contributed by atoms with Gasteiger partial charge in [0.15, 0.2) is 0 Å².